The van der Waals surface area contributed by atoms with Crippen LogP contribution in [0.1, 0.15) is 13.8 Å². The van der Waals surface area contributed by atoms with Crippen molar-refractivity contribution in [3.63, 3.8) is 0 Å². The Kier molecular flexibility index (Phi) is 5.58. The van der Waals surface area contributed by atoms with Gasteiger partial charge in [-0.05, 0) is 28.8 Å². The van der Waals surface area contributed by atoms with Crippen LogP contribution in [0.15, 0.2) is 15.5 Å². The number of aliphatic hydroxyl groups is 1. The molecule has 0 aromatic carbocycles. The third-order valence-electron chi connectivity index (χ3n) is 2.84. The summed E-state index contributed by atoms with van der Waals surface area (Å²) in [6.07, 6.45) is -3.36. The Balaban J connectivity index is 2.98. The van der Waals surface area contributed by atoms with Gasteiger partial charge in [0.2, 0.25) is 0 Å². The van der Waals surface area contributed by atoms with E-state index in [0.29, 0.717) is 10.4 Å². The lowest BCUT2D eigenvalue weighted by Gasteiger charge is -2.21. The van der Waals surface area contributed by atoms with Gasteiger partial charge >= 0.3 is 6.18 Å². The maximum atomic E-state index is 12.3. The van der Waals surface area contributed by atoms with E-state index in [-0.39, 0.29) is 23.0 Å². The van der Waals surface area contributed by atoms with Crippen LogP contribution in [0, 0.1) is 5.92 Å². The molecule has 2 atom stereocenters. The Hall–Kier alpha value is -1.09. The number of hydrogen-bond acceptors (Lipinski definition) is 4. The number of hydrogen-bond donors (Lipinski definition) is 2. The van der Waals surface area contributed by atoms with E-state index in [2.05, 4.69) is 26.3 Å². The molecule has 1 heterocycles. The molecule has 9 heteroatoms. The molecule has 2 unspecified atom stereocenters. The van der Waals surface area contributed by atoms with Gasteiger partial charge in [0.15, 0.2) is 0 Å². The quantitative estimate of drug-likeness (QED) is 0.845. The van der Waals surface area contributed by atoms with Gasteiger partial charge in [-0.1, -0.05) is 6.92 Å². The molecule has 5 nitrogen and oxygen atoms in total. The van der Waals surface area contributed by atoms with Crippen molar-refractivity contribution >= 4 is 21.6 Å². The monoisotopic (exact) mass is 357 g/mol. The summed E-state index contributed by atoms with van der Waals surface area (Å²) >= 11 is 2.97. The molecule has 1 aromatic rings. The third-order valence-corrected chi connectivity index (χ3v) is 3.61. The SMILES string of the molecule is CC(CO)C(C)Nc1cnn(CC(F)(F)F)c(=O)c1Br. The average molecular weight is 358 g/mol. The van der Waals surface area contributed by atoms with Gasteiger partial charge < -0.3 is 10.4 Å². The highest BCUT2D eigenvalue weighted by atomic mass is 79.9. The summed E-state index contributed by atoms with van der Waals surface area (Å²) in [6.45, 7) is 2.09. The van der Waals surface area contributed by atoms with Crippen molar-refractivity contribution in [2.75, 3.05) is 11.9 Å². The lowest BCUT2D eigenvalue weighted by molar-refractivity contribution is -0.143. The van der Waals surface area contributed by atoms with Crippen molar-refractivity contribution in [1.82, 2.24) is 9.78 Å². The summed E-state index contributed by atoms with van der Waals surface area (Å²) in [7, 11) is 0. The molecule has 0 aliphatic rings. The number of alkyl halides is 3. The van der Waals surface area contributed by atoms with Gasteiger partial charge in [0, 0.05) is 12.6 Å². The van der Waals surface area contributed by atoms with E-state index < -0.39 is 18.3 Å². The molecule has 0 aliphatic heterocycles. The van der Waals surface area contributed by atoms with Crippen molar-refractivity contribution in [2.45, 2.75) is 32.6 Å². The Morgan fingerprint density at radius 1 is 1.50 bits per heavy atom. The van der Waals surface area contributed by atoms with Crippen LogP contribution in [0.2, 0.25) is 0 Å². The van der Waals surface area contributed by atoms with Crippen LogP contribution in [0.4, 0.5) is 18.9 Å². The van der Waals surface area contributed by atoms with Crippen LogP contribution in [-0.2, 0) is 6.54 Å². The largest absolute Gasteiger partial charge is 0.408 e. The third kappa shape index (κ3) is 4.48. The summed E-state index contributed by atoms with van der Waals surface area (Å²) in [6, 6.07) is -0.170. The summed E-state index contributed by atoms with van der Waals surface area (Å²) in [5.41, 5.74) is -0.572. The first kappa shape index (κ1) is 17.0. The summed E-state index contributed by atoms with van der Waals surface area (Å²) in [5.74, 6) is -0.0838. The van der Waals surface area contributed by atoms with E-state index in [4.69, 9.17) is 5.11 Å². The van der Waals surface area contributed by atoms with Crippen LogP contribution in [0.3, 0.4) is 0 Å². The molecule has 0 radical (unpaired) electrons. The van der Waals surface area contributed by atoms with Crippen molar-refractivity contribution in [3.05, 3.63) is 21.0 Å². The predicted octanol–water partition coefficient (Wildman–Crippen LogP) is 2.00. The molecule has 0 amide bonds. The molecule has 1 aromatic heterocycles. The molecule has 0 saturated heterocycles. The molecule has 20 heavy (non-hydrogen) atoms. The van der Waals surface area contributed by atoms with E-state index >= 15 is 0 Å². The van der Waals surface area contributed by atoms with Gasteiger partial charge in [0.1, 0.15) is 11.0 Å². The van der Waals surface area contributed by atoms with Gasteiger partial charge in [-0.15, -0.1) is 0 Å². The van der Waals surface area contributed by atoms with Crippen LogP contribution in [0.5, 0.6) is 0 Å². The summed E-state index contributed by atoms with van der Waals surface area (Å²) in [5, 5.41) is 15.4. The second-order valence-corrected chi connectivity index (χ2v) is 5.34. The highest BCUT2D eigenvalue weighted by Gasteiger charge is 2.29. The lowest BCUT2D eigenvalue weighted by Crippen LogP contribution is -2.32. The number of aromatic nitrogens is 2. The number of halogens is 4. The first-order chi connectivity index (χ1) is 9.15. The first-order valence-corrected chi connectivity index (χ1v) is 6.64. The van der Waals surface area contributed by atoms with Crippen molar-refractivity contribution in [3.8, 4) is 0 Å². The molecule has 0 spiro atoms. The molecular formula is C11H15BrF3N3O2. The maximum absolute atomic E-state index is 12.3. The van der Waals surface area contributed by atoms with E-state index in [0.717, 1.165) is 6.20 Å². The Morgan fingerprint density at radius 2 is 2.10 bits per heavy atom. The van der Waals surface area contributed by atoms with Gasteiger partial charge in [-0.2, -0.15) is 18.3 Å². The van der Waals surface area contributed by atoms with Crippen LogP contribution < -0.4 is 10.9 Å². The van der Waals surface area contributed by atoms with Gasteiger partial charge in [-0.25, -0.2) is 4.68 Å². The topological polar surface area (TPSA) is 67.2 Å². The second-order valence-electron chi connectivity index (χ2n) is 4.54. The van der Waals surface area contributed by atoms with Crippen LogP contribution >= 0.6 is 15.9 Å². The molecular weight excluding hydrogens is 343 g/mol. The maximum Gasteiger partial charge on any atom is 0.408 e. The van der Waals surface area contributed by atoms with Crippen LogP contribution in [-0.4, -0.2) is 33.7 Å². The van der Waals surface area contributed by atoms with E-state index in [1.807, 2.05) is 0 Å². The Morgan fingerprint density at radius 3 is 2.60 bits per heavy atom. The summed E-state index contributed by atoms with van der Waals surface area (Å²) in [4.78, 5) is 11.8. The number of nitrogens with zero attached hydrogens (tertiary/aromatic N) is 2. The fourth-order valence-electron chi connectivity index (χ4n) is 1.39. The second kappa shape index (κ2) is 6.57. The minimum Gasteiger partial charge on any atom is -0.396 e. The fourth-order valence-corrected chi connectivity index (χ4v) is 1.82. The number of anilines is 1. The van der Waals surface area contributed by atoms with E-state index in [1.165, 1.54) is 0 Å². The van der Waals surface area contributed by atoms with Crippen molar-refractivity contribution in [1.29, 1.82) is 0 Å². The smallest absolute Gasteiger partial charge is 0.396 e. The number of aliphatic hydroxyl groups excluding tert-OH is 1. The molecule has 114 valence electrons. The van der Waals surface area contributed by atoms with Crippen molar-refractivity contribution in [2.24, 2.45) is 5.92 Å². The highest BCUT2D eigenvalue weighted by Crippen LogP contribution is 2.21. The molecule has 0 aliphatic carbocycles. The zero-order valence-corrected chi connectivity index (χ0v) is 12.5. The fraction of sp³-hybridized carbons (Fsp3) is 0.636. The van der Waals surface area contributed by atoms with E-state index in [9.17, 15) is 18.0 Å². The highest BCUT2D eigenvalue weighted by molar-refractivity contribution is 9.10. The van der Waals surface area contributed by atoms with Gasteiger partial charge in [0.25, 0.3) is 5.56 Å². The molecule has 1 rings (SSSR count). The number of rotatable bonds is 5. The summed E-state index contributed by atoms with van der Waals surface area (Å²) < 4.78 is 37.1. The average Bonchev–Trinajstić information content (AvgIpc) is 2.35. The Bertz CT molecular complexity index is 519. The molecule has 0 bridgehead atoms. The minimum atomic E-state index is -4.51. The van der Waals surface area contributed by atoms with Crippen molar-refractivity contribution < 1.29 is 18.3 Å². The predicted molar refractivity (Wildman–Crippen MR) is 71.6 cm³/mol. The Labute approximate surface area is 121 Å². The first-order valence-electron chi connectivity index (χ1n) is 5.85. The van der Waals surface area contributed by atoms with Crippen LogP contribution in [0.25, 0.3) is 0 Å². The van der Waals surface area contributed by atoms with Gasteiger partial charge in [0.05, 0.1) is 11.9 Å². The van der Waals surface area contributed by atoms with Gasteiger partial charge in [-0.3, -0.25) is 4.79 Å². The zero-order chi connectivity index (χ0) is 15.5. The zero-order valence-electron chi connectivity index (χ0n) is 10.9. The lowest BCUT2D eigenvalue weighted by atomic mass is 10.1. The number of nitrogens with one attached hydrogen (secondary N) is 1. The molecule has 0 saturated carbocycles. The van der Waals surface area contributed by atoms with E-state index in [1.54, 1.807) is 13.8 Å². The molecule has 2 N–H and O–H groups in total. The normalized spacial score (nSPS) is 14.9. The standard InChI is InChI=1S/C11H15BrF3N3O2/c1-6(4-19)7(2)17-8-3-16-18(5-11(13,14)15)10(20)9(8)12/h3,6-7,17,19H,4-5H2,1-2H3. The molecule has 0 fully saturated rings. The minimum absolute atomic E-state index is 0.0197.